The fourth-order valence-electron chi connectivity index (χ4n) is 2.29. The van der Waals surface area contributed by atoms with Crippen LogP contribution in [0.3, 0.4) is 0 Å². The van der Waals surface area contributed by atoms with Gasteiger partial charge in [0.15, 0.2) is 0 Å². The van der Waals surface area contributed by atoms with Crippen LogP contribution in [0.5, 0.6) is 0 Å². The molecular formula is C16H21N3OS. The highest BCUT2D eigenvalue weighted by molar-refractivity contribution is 7.15. The number of aryl methyl sites for hydroxylation is 1. The van der Waals surface area contributed by atoms with Crippen molar-refractivity contribution in [1.82, 2.24) is 10.3 Å². The van der Waals surface area contributed by atoms with Crippen molar-refractivity contribution < 1.29 is 4.79 Å². The Balaban J connectivity index is 2.21. The van der Waals surface area contributed by atoms with Crippen LogP contribution in [0.4, 0.5) is 0 Å². The zero-order valence-corrected chi connectivity index (χ0v) is 13.4. The molecule has 2 atom stereocenters. The zero-order chi connectivity index (χ0) is 15.4. The Morgan fingerprint density at radius 3 is 2.62 bits per heavy atom. The number of nitrogens with zero attached hydrogens (tertiary/aromatic N) is 1. The van der Waals surface area contributed by atoms with E-state index >= 15 is 0 Å². The first-order chi connectivity index (χ1) is 10.0. The number of carbonyl (C=O) groups is 1. The van der Waals surface area contributed by atoms with Crippen LogP contribution in [0.1, 0.15) is 36.9 Å². The number of carbonyl (C=O) groups excluding carboxylic acids is 1. The van der Waals surface area contributed by atoms with E-state index in [-0.39, 0.29) is 18.0 Å². The van der Waals surface area contributed by atoms with Crippen LogP contribution >= 0.6 is 11.3 Å². The fourth-order valence-corrected chi connectivity index (χ4v) is 3.38. The summed E-state index contributed by atoms with van der Waals surface area (Å²) in [5.41, 5.74) is 7.51. The summed E-state index contributed by atoms with van der Waals surface area (Å²) < 4.78 is 0. The molecule has 1 heterocycles. The highest BCUT2D eigenvalue weighted by Crippen LogP contribution is 2.31. The third kappa shape index (κ3) is 3.68. The van der Waals surface area contributed by atoms with Gasteiger partial charge in [-0.1, -0.05) is 37.3 Å². The molecule has 0 fully saturated rings. The number of benzene rings is 1. The lowest BCUT2D eigenvalue weighted by molar-refractivity contribution is -0.120. The molecule has 0 saturated carbocycles. The first-order valence-corrected chi connectivity index (χ1v) is 7.92. The molecule has 0 aliphatic heterocycles. The van der Waals surface area contributed by atoms with Gasteiger partial charge in [0.2, 0.25) is 5.91 Å². The molecule has 0 bridgehead atoms. The topological polar surface area (TPSA) is 68.0 Å². The van der Waals surface area contributed by atoms with Crippen LogP contribution in [0, 0.1) is 6.92 Å². The van der Waals surface area contributed by atoms with Crippen LogP contribution in [0.2, 0.25) is 0 Å². The Morgan fingerprint density at radius 2 is 2.05 bits per heavy atom. The monoisotopic (exact) mass is 303 g/mol. The lowest BCUT2D eigenvalue weighted by atomic mass is 10.1. The van der Waals surface area contributed by atoms with Gasteiger partial charge in [-0.25, -0.2) is 4.98 Å². The quantitative estimate of drug-likeness (QED) is 0.862. The second-order valence-electron chi connectivity index (χ2n) is 5.09. The van der Waals surface area contributed by atoms with Crippen LogP contribution < -0.4 is 11.1 Å². The van der Waals surface area contributed by atoms with Crippen molar-refractivity contribution in [2.24, 2.45) is 5.73 Å². The van der Waals surface area contributed by atoms with E-state index in [1.165, 1.54) is 0 Å². The van der Waals surface area contributed by atoms with Gasteiger partial charge in [-0.3, -0.25) is 10.1 Å². The molecule has 0 aliphatic rings. The molecule has 4 nitrogen and oxygen atoms in total. The normalized spacial score (nSPS) is 13.9. The molecule has 5 heteroatoms. The van der Waals surface area contributed by atoms with Crippen molar-refractivity contribution in [3.8, 4) is 10.6 Å². The number of rotatable bonds is 6. The Labute approximate surface area is 129 Å². The number of hydrogen-bond donors (Lipinski definition) is 2. The molecule has 112 valence electrons. The van der Waals surface area contributed by atoms with Crippen molar-refractivity contribution in [1.29, 1.82) is 0 Å². The van der Waals surface area contributed by atoms with E-state index in [0.717, 1.165) is 21.1 Å². The van der Waals surface area contributed by atoms with Crippen LogP contribution in [0.25, 0.3) is 10.6 Å². The molecule has 1 aromatic carbocycles. The molecule has 1 aromatic heterocycles. The molecule has 0 saturated heterocycles. The summed E-state index contributed by atoms with van der Waals surface area (Å²) in [6, 6.07) is 9.87. The van der Waals surface area contributed by atoms with E-state index in [4.69, 9.17) is 5.73 Å². The van der Waals surface area contributed by atoms with Crippen molar-refractivity contribution >= 4 is 17.2 Å². The highest BCUT2D eigenvalue weighted by Gasteiger charge is 2.20. The number of nitrogens with two attached hydrogens (primary N) is 1. The Hall–Kier alpha value is -1.72. The molecule has 21 heavy (non-hydrogen) atoms. The smallest absolute Gasteiger partial charge is 0.234 e. The number of thiazole rings is 1. The summed E-state index contributed by atoms with van der Waals surface area (Å²) in [7, 11) is 0. The summed E-state index contributed by atoms with van der Waals surface area (Å²) in [5, 5.41) is 4.29. The van der Waals surface area contributed by atoms with E-state index in [0.29, 0.717) is 6.42 Å². The average Bonchev–Trinajstić information content (AvgIpc) is 2.87. The Bertz CT molecular complexity index is 609. The summed E-state index contributed by atoms with van der Waals surface area (Å²) >= 11 is 1.66. The van der Waals surface area contributed by atoms with Crippen LogP contribution in [-0.4, -0.2) is 16.9 Å². The SMILES string of the molecule is CC[C@@H](N[C@H](C)c1sc(-c2ccccc2)nc1C)C(N)=O. The minimum absolute atomic E-state index is 0.0532. The van der Waals surface area contributed by atoms with Gasteiger partial charge in [0.1, 0.15) is 5.01 Å². The van der Waals surface area contributed by atoms with Gasteiger partial charge >= 0.3 is 0 Å². The number of primary amides is 1. The van der Waals surface area contributed by atoms with Gasteiger partial charge < -0.3 is 5.73 Å². The second kappa shape index (κ2) is 6.83. The molecule has 2 aromatic rings. The summed E-state index contributed by atoms with van der Waals surface area (Å²) in [4.78, 5) is 17.1. The van der Waals surface area contributed by atoms with Gasteiger partial charge in [-0.2, -0.15) is 0 Å². The standard InChI is InChI=1S/C16H21N3OS/c1-4-13(15(17)20)18-10(2)14-11(3)19-16(21-14)12-8-6-5-7-9-12/h5-10,13,18H,4H2,1-3H3,(H2,17,20)/t10-,13-/m1/s1. The van der Waals surface area contributed by atoms with E-state index < -0.39 is 0 Å². The molecule has 2 rings (SSSR count). The first kappa shape index (κ1) is 15.7. The van der Waals surface area contributed by atoms with Crippen molar-refractivity contribution in [3.05, 3.63) is 40.9 Å². The minimum atomic E-state index is -0.310. The van der Waals surface area contributed by atoms with Gasteiger partial charge in [0.25, 0.3) is 0 Å². The molecule has 0 aliphatic carbocycles. The molecule has 0 radical (unpaired) electrons. The average molecular weight is 303 g/mol. The molecule has 1 amide bonds. The maximum absolute atomic E-state index is 11.4. The first-order valence-electron chi connectivity index (χ1n) is 7.11. The predicted molar refractivity (Wildman–Crippen MR) is 87.1 cm³/mol. The molecule has 0 spiro atoms. The van der Waals surface area contributed by atoms with E-state index in [1.54, 1.807) is 11.3 Å². The van der Waals surface area contributed by atoms with E-state index in [1.807, 2.05) is 39.0 Å². The Morgan fingerprint density at radius 1 is 1.38 bits per heavy atom. The van der Waals surface area contributed by atoms with Gasteiger partial charge in [0, 0.05) is 16.5 Å². The maximum atomic E-state index is 11.4. The minimum Gasteiger partial charge on any atom is -0.368 e. The van der Waals surface area contributed by atoms with Crippen LogP contribution in [-0.2, 0) is 4.79 Å². The molecular weight excluding hydrogens is 282 g/mol. The van der Waals surface area contributed by atoms with Gasteiger partial charge in [-0.05, 0) is 20.3 Å². The lowest BCUT2D eigenvalue weighted by Crippen LogP contribution is -2.41. The number of hydrogen-bond acceptors (Lipinski definition) is 4. The number of aromatic nitrogens is 1. The molecule has 0 unspecified atom stereocenters. The third-order valence-corrected chi connectivity index (χ3v) is 4.84. The van der Waals surface area contributed by atoms with Crippen LogP contribution in [0.15, 0.2) is 30.3 Å². The van der Waals surface area contributed by atoms with Gasteiger partial charge in [-0.15, -0.1) is 11.3 Å². The number of nitrogens with one attached hydrogen (secondary N) is 1. The van der Waals surface area contributed by atoms with Gasteiger partial charge in [0.05, 0.1) is 11.7 Å². The zero-order valence-electron chi connectivity index (χ0n) is 12.6. The summed E-state index contributed by atoms with van der Waals surface area (Å²) in [6.07, 6.45) is 0.684. The van der Waals surface area contributed by atoms with Crippen molar-refractivity contribution in [3.63, 3.8) is 0 Å². The largest absolute Gasteiger partial charge is 0.368 e. The molecule has 3 N–H and O–H groups in total. The second-order valence-corrected chi connectivity index (χ2v) is 6.12. The van der Waals surface area contributed by atoms with Crippen molar-refractivity contribution in [2.75, 3.05) is 0 Å². The number of amides is 1. The third-order valence-electron chi connectivity index (χ3n) is 3.45. The van der Waals surface area contributed by atoms with E-state index in [9.17, 15) is 4.79 Å². The summed E-state index contributed by atoms with van der Waals surface area (Å²) in [6.45, 7) is 5.99. The fraction of sp³-hybridized carbons (Fsp3) is 0.375. The summed E-state index contributed by atoms with van der Waals surface area (Å²) in [5.74, 6) is -0.310. The predicted octanol–water partition coefficient (Wildman–Crippen LogP) is 3.03. The van der Waals surface area contributed by atoms with E-state index in [2.05, 4.69) is 22.4 Å². The maximum Gasteiger partial charge on any atom is 0.234 e. The highest BCUT2D eigenvalue weighted by atomic mass is 32.1. The van der Waals surface area contributed by atoms with Crippen molar-refractivity contribution in [2.45, 2.75) is 39.3 Å². The lowest BCUT2D eigenvalue weighted by Gasteiger charge is -2.19. The Kier molecular flexibility index (Phi) is 5.09.